The number of rotatable bonds is 3. The van der Waals surface area contributed by atoms with Crippen molar-refractivity contribution in [1.82, 2.24) is 5.32 Å². The minimum atomic E-state index is -4.63. The molecule has 0 saturated carbocycles. The Labute approximate surface area is 188 Å². The van der Waals surface area contributed by atoms with Crippen molar-refractivity contribution in [2.24, 2.45) is 4.99 Å². The second-order valence-corrected chi connectivity index (χ2v) is 11.1. The van der Waals surface area contributed by atoms with E-state index >= 15 is 0 Å². The minimum Gasteiger partial charge on any atom is -0.465 e. The highest BCUT2D eigenvalue weighted by atomic mass is 32.2. The standard InChI is InChI=1S/C22H22F4N2O4S/c1-20(2)18(27-19(29)30)28-21(3,15-9-4-5-10-16(15)23)17(33(20,31)32)12-13-7-6-8-14(11-13)22(24,25)26/h4-11,17H,12H2,1-3H3,(H,27,28)(H,29,30). The average Bonchev–Trinajstić information content (AvgIpc) is 2.70. The molecule has 2 aromatic rings. The lowest BCUT2D eigenvalue weighted by atomic mass is 9.84. The fourth-order valence-electron chi connectivity index (χ4n) is 4.01. The molecule has 0 fully saturated rings. The summed E-state index contributed by atoms with van der Waals surface area (Å²) in [4.78, 5) is 15.7. The number of aliphatic imine (C=N–C) groups is 1. The van der Waals surface area contributed by atoms with E-state index in [4.69, 9.17) is 0 Å². The van der Waals surface area contributed by atoms with Crippen LogP contribution in [0.1, 0.15) is 37.5 Å². The highest BCUT2D eigenvalue weighted by Crippen LogP contribution is 2.45. The van der Waals surface area contributed by atoms with Crippen molar-refractivity contribution in [3.8, 4) is 0 Å². The van der Waals surface area contributed by atoms with E-state index in [1.807, 2.05) is 5.32 Å². The van der Waals surface area contributed by atoms with E-state index in [9.17, 15) is 35.9 Å². The Bertz CT molecular complexity index is 1220. The Morgan fingerprint density at radius 3 is 2.33 bits per heavy atom. The summed E-state index contributed by atoms with van der Waals surface area (Å²) in [6.45, 7) is 3.83. The minimum absolute atomic E-state index is 0.0709. The summed E-state index contributed by atoms with van der Waals surface area (Å²) in [5, 5.41) is 9.72. The molecule has 6 nitrogen and oxygen atoms in total. The number of nitrogens with one attached hydrogen (secondary N) is 1. The molecular weight excluding hydrogens is 464 g/mol. The normalized spacial score (nSPS) is 24.1. The van der Waals surface area contributed by atoms with Crippen LogP contribution >= 0.6 is 0 Å². The number of halogens is 4. The number of hydrogen-bond acceptors (Lipinski definition) is 4. The molecule has 2 N–H and O–H groups in total. The number of hydrogen-bond donors (Lipinski definition) is 2. The number of benzene rings is 2. The molecule has 0 spiro atoms. The highest BCUT2D eigenvalue weighted by Gasteiger charge is 2.57. The Morgan fingerprint density at radius 2 is 1.76 bits per heavy atom. The molecule has 0 radical (unpaired) electrons. The van der Waals surface area contributed by atoms with Crippen molar-refractivity contribution in [3.05, 3.63) is 71.0 Å². The van der Waals surface area contributed by atoms with Crippen molar-refractivity contribution in [2.45, 2.75) is 48.9 Å². The molecular formula is C22H22F4N2O4S. The third-order valence-corrected chi connectivity index (χ3v) is 8.94. The summed E-state index contributed by atoms with van der Waals surface area (Å²) in [7, 11) is -4.32. The van der Waals surface area contributed by atoms with Gasteiger partial charge in [0.15, 0.2) is 9.84 Å². The molecule has 0 saturated heterocycles. The predicted molar refractivity (Wildman–Crippen MR) is 114 cm³/mol. The lowest BCUT2D eigenvalue weighted by Crippen LogP contribution is -2.62. The number of amidine groups is 1. The van der Waals surface area contributed by atoms with E-state index in [0.717, 1.165) is 18.2 Å². The van der Waals surface area contributed by atoms with Crippen LogP contribution in [0.15, 0.2) is 53.5 Å². The van der Waals surface area contributed by atoms with E-state index in [0.29, 0.717) is 0 Å². The molecule has 0 aliphatic carbocycles. The average molecular weight is 486 g/mol. The van der Waals surface area contributed by atoms with E-state index < -0.39 is 61.3 Å². The molecule has 0 aromatic heterocycles. The van der Waals surface area contributed by atoms with Crippen molar-refractivity contribution in [3.63, 3.8) is 0 Å². The van der Waals surface area contributed by atoms with Gasteiger partial charge in [0, 0.05) is 5.56 Å². The maximum atomic E-state index is 14.8. The predicted octanol–water partition coefficient (Wildman–Crippen LogP) is 4.54. The van der Waals surface area contributed by atoms with Gasteiger partial charge in [-0.1, -0.05) is 36.4 Å². The number of sulfone groups is 1. The van der Waals surface area contributed by atoms with E-state index in [-0.39, 0.29) is 11.1 Å². The van der Waals surface area contributed by atoms with Gasteiger partial charge in [-0.15, -0.1) is 0 Å². The molecule has 1 aliphatic heterocycles. The zero-order chi connectivity index (χ0) is 24.8. The van der Waals surface area contributed by atoms with Crippen LogP contribution in [0.25, 0.3) is 0 Å². The molecule has 1 aliphatic rings. The molecule has 33 heavy (non-hydrogen) atoms. The van der Waals surface area contributed by atoms with E-state index in [1.165, 1.54) is 51.1 Å². The van der Waals surface area contributed by atoms with Gasteiger partial charge >= 0.3 is 12.3 Å². The van der Waals surface area contributed by atoms with Crippen LogP contribution in [0, 0.1) is 5.82 Å². The molecule has 1 amide bonds. The number of nitrogens with zero attached hydrogens (tertiary/aromatic N) is 1. The van der Waals surface area contributed by atoms with Gasteiger partial charge in [0.25, 0.3) is 0 Å². The quantitative estimate of drug-likeness (QED) is 0.623. The Morgan fingerprint density at radius 1 is 1.12 bits per heavy atom. The number of alkyl halides is 3. The molecule has 0 bridgehead atoms. The first-order valence-corrected chi connectivity index (χ1v) is 11.4. The zero-order valence-corrected chi connectivity index (χ0v) is 18.8. The van der Waals surface area contributed by atoms with E-state index in [2.05, 4.69) is 4.99 Å². The van der Waals surface area contributed by atoms with Gasteiger partial charge in [0.05, 0.1) is 10.8 Å². The molecule has 2 aromatic carbocycles. The van der Waals surface area contributed by atoms with Gasteiger partial charge in [0.2, 0.25) is 0 Å². The van der Waals surface area contributed by atoms with Crippen LogP contribution < -0.4 is 5.32 Å². The SMILES string of the molecule is CC1(c2ccccc2F)N=C(NC(=O)O)C(C)(C)S(=O)(=O)C1Cc1cccc(C(F)(F)F)c1. The fraction of sp³-hybridized carbons (Fsp3) is 0.364. The first-order valence-electron chi connectivity index (χ1n) is 9.85. The van der Waals surface area contributed by atoms with Gasteiger partial charge in [-0.25, -0.2) is 17.6 Å². The maximum Gasteiger partial charge on any atom is 0.416 e. The van der Waals surface area contributed by atoms with Crippen LogP contribution in [0.5, 0.6) is 0 Å². The zero-order valence-electron chi connectivity index (χ0n) is 17.9. The summed E-state index contributed by atoms with van der Waals surface area (Å²) >= 11 is 0. The third kappa shape index (κ3) is 4.33. The van der Waals surface area contributed by atoms with Crippen LogP contribution in [0.3, 0.4) is 0 Å². The number of amides is 1. The maximum absolute atomic E-state index is 14.8. The smallest absolute Gasteiger partial charge is 0.416 e. The van der Waals surface area contributed by atoms with Crippen molar-refractivity contribution < 1.29 is 35.9 Å². The first kappa shape index (κ1) is 24.7. The summed E-state index contributed by atoms with van der Waals surface area (Å²) in [5.74, 6) is -1.18. The van der Waals surface area contributed by atoms with Gasteiger partial charge in [-0.05, 0) is 44.9 Å². The van der Waals surface area contributed by atoms with Crippen molar-refractivity contribution in [2.75, 3.05) is 0 Å². The fourth-order valence-corrected chi connectivity index (χ4v) is 6.29. The summed E-state index contributed by atoms with van der Waals surface area (Å²) in [6.07, 6.45) is -6.58. The first-order chi connectivity index (χ1) is 15.1. The van der Waals surface area contributed by atoms with Crippen LogP contribution in [0.2, 0.25) is 0 Å². The topological polar surface area (TPSA) is 95.8 Å². The lowest BCUT2D eigenvalue weighted by molar-refractivity contribution is -0.137. The molecule has 2 unspecified atom stereocenters. The monoisotopic (exact) mass is 486 g/mol. The number of carboxylic acid groups (broad SMARTS) is 1. The molecule has 1 heterocycles. The van der Waals surface area contributed by atoms with E-state index in [1.54, 1.807) is 0 Å². The number of carbonyl (C=O) groups is 1. The van der Waals surface area contributed by atoms with Crippen LogP contribution in [0.4, 0.5) is 22.4 Å². The second kappa shape index (κ2) is 8.12. The summed E-state index contributed by atoms with van der Waals surface area (Å²) < 4.78 is 80.1. The summed E-state index contributed by atoms with van der Waals surface area (Å²) in [6, 6.07) is 9.53. The van der Waals surface area contributed by atoms with Crippen LogP contribution in [-0.2, 0) is 28.0 Å². The van der Waals surface area contributed by atoms with Crippen molar-refractivity contribution >= 4 is 21.8 Å². The van der Waals surface area contributed by atoms with Gasteiger partial charge in [-0.2, -0.15) is 13.2 Å². The molecule has 11 heteroatoms. The molecule has 178 valence electrons. The van der Waals surface area contributed by atoms with Gasteiger partial charge < -0.3 is 5.11 Å². The second-order valence-electron chi connectivity index (χ2n) is 8.46. The lowest BCUT2D eigenvalue weighted by Gasteiger charge is -2.45. The molecule has 3 rings (SSSR count). The molecule has 2 atom stereocenters. The Kier molecular flexibility index (Phi) is 6.08. The van der Waals surface area contributed by atoms with Crippen molar-refractivity contribution in [1.29, 1.82) is 0 Å². The Balaban J connectivity index is 2.26. The largest absolute Gasteiger partial charge is 0.465 e. The highest BCUT2D eigenvalue weighted by molar-refractivity contribution is 7.94. The van der Waals surface area contributed by atoms with Gasteiger partial charge in [0.1, 0.15) is 21.9 Å². The van der Waals surface area contributed by atoms with Gasteiger partial charge in [-0.3, -0.25) is 10.3 Å². The Hall–Kier alpha value is -2.95. The summed E-state index contributed by atoms with van der Waals surface area (Å²) in [5.41, 5.74) is -2.82. The van der Waals surface area contributed by atoms with Crippen LogP contribution in [-0.4, -0.2) is 35.5 Å². The third-order valence-electron chi connectivity index (χ3n) is 5.95.